The largest absolute Gasteiger partial charge is 0.380 e. The third kappa shape index (κ3) is 4.10. The normalized spacial score (nSPS) is 27.4. The van der Waals surface area contributed by atoms with E-state index in [-0.39, 0.29) is 23.9 Å². The molecule has 1 amide bonds. The van der Waals surface area contributed by atoms with Gasteiger partial charge in [0, 0.05) is 18.7 Å². The van der Waals surface area contributed by atoms with Crippen molar-refractivity contribution in [2.75, 3.05) is 19.8 Å². The van der Waals surface area contributed by atoms with Crippen LogP contribution >= 0.6 is 0 Å². The predicted octanol–water partition coefficient (Wildman–Crippen LogP) is 0.916. The van der Waals surface area contributed by atoms with E-state index in [0.717, 1.165) is 19.4 Å². The van der Waals surface area contributed by atoms with Gasteiger partial charge in [0.15, 0.2) is 0 Å². The molecule has 0 aromatic rings. The highest BCUT2D eigenvalue weighted by Crippen LogP contribution is 2.16. The Labute approximate surface area is 98.1 Å². The second-order valence-corrected chi connectivity index (χ2v) is 4.56. The molecule has 3 atom stereocenters. The quantitative estimate of drug-likeness (QED) is 0.735. The molecule has 94 valence electrons. The van der Waals surface area contributed by atoms with Crippen molar-refractivity contribution in [1.29, 1.82) is 0 Å². The summed E-state index contributed by atoms with van der Waals surface area (Å²) < 4.78 is 5.28. The molecule has 0 bridgehead atoms. The number of amides is 1. The predicted molar refractivity (Wildman–Crippen MR) is 64.3 cm³/mol. The summed E-state index contributed by atoms with van der Waals surface area (Å²) in [6.45, 7) is 8.34. The van der Waals surface area contributed by atoms with E-state index < -0.39 is 0 Å². The monoisotopic (exact) mass is 228 g/mol. The number of piperidine rings is 1. The lowest BCUT2D eigenvalue weighted by atomic mass is 9.91. The zero-order chi connectivity index (χ0) is 12.0. The topological polar surface area (TPSA) is 50.4 Å². The minimum absolute atomic E-state index is 0.0987. The first-order valence-corrected chi connectivity index (χ1v) is 6.26. The molecular weight excluding hydrogens is 204 g/mol. The molecule has 0 saturated carbocycles. The second-order valence-electron chi connectivity index (χ2n) is 4.56. The Morgan fingerprint density at radius 1 is 1.62 bits per heavy atom. The van der Waals surface area contributed by atoms with Crippen LogP contribution in [0.25, 0.3) is 0 Å². The van der Waals surface area contributed by atoms with Gasteiger partial charge in [0.1, 0.15) is 0 Å². The highest BCUT2D eigenvalue weighted by Gasteiger charge is 2.27. The Morgan fingerprint density at radius 3 is 3.00 bits per heavy atom. The molecule has 0 aliphatic carbocycles. The second kappa shape index (κ2) is 6.86. The van der Waals surface area contributed by atoms with Crippen LogP contribution in [0.5, 0.6) is 0 Å². The van der Waals surface area contributed by atoms with Gasteiger partial charge in [-0.3, -0.25) is 4.79 Å². The zero-order valence-electron chi connectivity index (χ0n) is 10.6. The molecule has 16 heavy (non-hydrogen) atoms. The minimum Gasteiger partial charge on any atom is -0.380 e. The van der Waals surface area contributed by atoms with Crippen molar-refractivity contribution in [3.63, 3.8) is 0 Å². The fraction of sp³-hybridized carbons (Fsp3) is 0.917. The molecule has 2 N–H and O–H groups in total. The first kappa shape index (κ1) is 13.5. The molecule has 1 fully saturated rings. The Kier molecular flexibility index (Phi) is 5.77. The Bertz CT molecular complexity index is 221. The van der Waals surface area contributed by atoms with Gasteiger partial charge < -0.3 is 15.4 Å². The Morgan fingerprint density at radius 2 is 2.38 bits per heavy atom. The molecule has 1 saturated heterocycles. The lowest BCUT2D eigenvalue weighted by molar-refractivity contribution is -0.127. The molecule has 4 heteroatoms. The summed E-state index contributed by atoms with van der Waals surface area (Å²) >= 11 is 0. The van der Waals surface area contributed by atoms with Crippen LogP contribution in [0.4, 0.5) is 0 Å². The van der Waals surface area contributed by atoms with Crippen molar-refractivity contribution in [3.05, 3.63) is 0 Å². The van der Waals surface area contributed by atoms with Gasteiger partial charge in [0.05, 0.1) is 12.5 Å². The van der Waals surface area contributed by atoms with Gasteiger partial charge in [-0.15, -0.1) is 0 Å². The summed E-state index contributed by atoms with van der Waals surface area (Å²) in [4.78, 5) is 12.0. The van der Waals surface area contributed by atoms with Crippen molar-refractivity contribution in [3.8, 4) is 0 Å². The van der Waals surface area contributed by atoms with E-state index in [9.17, 15) is 4.79 Å². The molecular formula is C12H24N2O2. The van der Waals surface area contributed by atoms with Crippen molar-refractivity contribution < 1.29 is 9.53 Å². The molecule has 1 rings (SSSR count). The summed E-state index contributed by atoms with van der Waals surface area (Å²) in [5, 5.41) is 6.35. The fourth-order valence-corrected chi connectivity index (χ4v) is 2.09. The van der Waals surface area contributed by atoms with Crippen molar-refractivity contribution in [1.82, 2.24) is 10.6 Å². The fourth-order valence-electron chi connectivity index (χ4n) is 2.09. The van der Waals surface area contributed by atoms with Crippen molar-refractivity contribution >= 4 is 5.91 Å². The standard InChI is InChI=1S/C12H24N2O2/c1-4-16-8-9(2)14-12(15)11-6-5-7-13-10(11)3/h9-11,13H,4-8H2,1-3H3,(H,14,15). The van der Waals surface area contributed by atoms with Crippen molar-refractivity contribution in [2.24, 2.45) is 5.92 Å². The third-order valence-corrected chi connectivity index (χ3v) is 3.06. The maximum absolute atomic E-state index is 12.0. The van der Waals surface area contributed by atoms with Crippen LogP contribution < -0.4 is 10.6 Å². The van der Waals surface area contributed by atoms with Gasteiger partial charge in [-0.05, 0) is 40.2 Å². The SMILES string of the molecule is CCOCC(C)NC(=O)C1CCCNC1C. The molecule has 0 aromatic heterocycles. The van der Waals surface area contributed by atoms with Crippen molar-refractivity contribution in [2.45, 2.75) is 45.7 Å². The average Bonchev–Trinajstić information content (AvgIpc) is 2.26. The molecule has 3 unspecified atom stereocenters. The van der Waals surface area contributed by atoms with Crippen LogP contribution in [0.3, 0.4) is 0 Å². The van der Waals surface area contributed by atoms with E-state index in [1.165, 1.54) is 0 Å². The number of hydrogen-bond acceptors (Lipinski definition) is 3. The smallest absolute Gasteiger partial charge is 0.224 e. The van der Waals surface area contributed by atoms with Gasteiger partial charge in [-0.25, -0.2) is 0 Å². The van der Waals surface area contributed by atoms with Gasteiger partial charge in [-0.2, -0.15) is 0 Å². The lowest BCUT2D eigenvalue weighted by Crippen LogP contribution is -2.49. The number of carbonyl (C=O) groups excluding carboxylic acids is 1. The molecule has 1 aliphatic heterocycles. The van der Waals surface area contributed by atoms with E-state index in [1.54, 1.807) is 0 Å². The van der Waals surface area contributed by atoms with E-state index in [1.807, 2.05) is 13.8 Å². The molecule has 0 aromatic carbocycles. The van der Waals surface area contributed by atoms with E-state index in [4.69, 9.17) is 4.74 Å². The highest BCUT2D eigenvalue weighted by atomic mass is 16.5. The van der Waals surface area contributed by atoms with Gasteiger partial charge in [0.25, 0.3) is 0 Å². The Balaban J connectivity index is 2.32. The molecule has 0 spiro atoms. The maximum atomic E-state index is 12.0. The summed E-state index contributed by atoms with van der Waals surface area (Å²) in [5.74, 6) is 0.268. The van der Waals surface area contributed by atoms with Crippen LogP contribution in [-0.2, 0) is 9.53 Å². The molecule has 4 nitrogen and oxygen atoms in total. The zero-order valence-corrected chi connectivity index (χ0v) is 10.6. The highest BCUT2D eigenvalue weighted by molar-refractivity contribution is 5.79. The van der Waals surface area contributed by atoms with Gasteiger partial charge in [0.2, 0.25) is 5.91 Å². The first-order chi connectivity index (χ1) is 7.65. The van der Waals surface area contributed by atoms with E-state index in [0.29, 0.717) is 13.2 Å². The maximum Gasteiger partial charge on any atom is 0.224 e. The van der Waals surface area contributed by atoms with Gasteiger partial charge >= 0.3 is 0 Å². The summed E-state index contributed by atoms with van der Waals surface area (Å²) in [7, 11) is 0. The number of nitrogens with one attached hydrogen (secondary N) is 2. The first-order valence-electron chi connectivity index (χ1n) is 6.26. The summed E-state index contributed by atoms with van der Waals surface area (Å²) in [6, 6.07) is 0.384. The van der Waals surface area contributed by atoms with Crippen LogP contribution in [0.1, 0.15) is 33.6 Å². The van der Waals surface area contributed by atoms with Crippen LogP contribution in [-0.4, -0.2) is 37.7 Å². The van der Waals surface area contributed by atoms with Gasteiger partial charge in [-0.1, -0.05) is 0 Å². The van der Waals surface area contributed by atoms with E-state index >= 15 is 0 Å². The summed E-state index contributed by atoms with van der Waals surface area (Å²) in [6.07, 6.45) is 2.07. The lowest BCUT2D eigenvalue weighted by Gasteiger charge is -2.29. The molecule has 1 aliphatic rings. The average molecular weight is 228 g/mol. The molecule has 0 radical (unpaired) electrons. The van der Waals surface area contributed by atoms with Crippen LogP contribution in [0, 0.1) is 5.92 Å². The minimum atomic E-state index is 0.0987. The molecule has 1 heterocycles. The number of rotatable bonds is 5. The van der Waals surface area contributed by atoms with Crippen LogP contribution in [0.2, 0.25) is 0 Å². The summed E-state index contributed by atoms with van der Waals surface area (Å²) in [5.41, 5.74) is 0. The van der Waals surface area contributed by atoms with Crippen LogP contribution in [0.15, 0.2) is 0 Å². The Hall–Kier alpha value is -0.610. The number of ether oxygens (including phenoxy) is 1. The third-order valence-electron chi connectivity index (χ3n) is 3.06. The van der Waals surface area contributed by atoms with E-state index in [2.05, 4.69) is 17.6 Å². The number of carbonyl (C=O) groups is 1. The number of hydrogen-bond donors (Lipinski definition) is 2.